The molecule has 8 nitrogen and oxygen atoms in total. The molecule has 56 heavy (non-hydrogen) atoms. The zero-order valence-electron chi connectivity index (χ0n) is 36.1. The lowest BCUT2D eigenvalue weighted by atomic mass is 10.0. The first-order valence-electron chi connectivity index (χ1n) is 22.8. The number of hydrogen-bond donors (Lipinski definition) is 2. The molecule has 0 aromatic rings. The molecule has 2 unspecified atom stereocenters. The number of carbonyl (C=O) groups is 1. The molecule has 0 amide bonds. The van der Waals surface area contributed by atoms with E-state index in [9.17, 15) is 14.3 Å². The lowest BCUT2D eigenvalue weighted by Crippen LogP contribution is -2.28. The van der Waals surface area contributed by atoms with Crippen LogP contribution in [-0.2, 0) is 27.9 Å². The number of rotatable bonds is 43. The molecule has 0 saturated carbocycles. The Morgan fingerprint density at radius 3 is 1.50 bits per heavy atom. The fraction of sp³-hybridized carbons (Fsp3) is 0.766. The smallest absolute Gasteiger partial charge is 0.457 e. The van der Waals surface area contributed by atoms with Gasteiger partial charge in [-0.15, -0.1) is 0 Å². The van der Waals surface area contributed by atoms with Crippen LogP contribution in [0.3, 0.4) is 0 Å². The number of esters is 1. The summed E-state index contributed by atoms with van der Waals surface area (Å²) in [6.07, 6.45) is 53.8. The number of phosphoric ester groups is 1. The Labute approximate surface area is 344 Å². The molecule has 326 valence electrons. The number of phosphoric acid groups is 1. The monoisotopic (exact) mass is 808 g/mol. The third kappa shape index (κ3) is 43.3. The molecule has 0 aliphatic carbocycles. The molecule has 0 fully saturated rings. The summed E-state index contributed by atoms with van der Waals surface area (Å²) in [4.78, 5) is 22.5. The molecular weight excluding hydrogens is 721 g/mol. The first-order chi connectivity index (χ1) is 27.4. The van der Waals surface area contributed by atoms with Crippen LogP contribution in [0.4, 0.5) is 0 Å². The average Bonchev–Trinajstić information content (AvgIpc) is 3.19. The summed E-state index contributed by atoms with van der Waals surface area (Å²) in [6.45, 7) is 4.78. The molecule has 0 aromatic heterocycles. The van der Waals surface area contributed by atoms with Crippen LogP contribution >= 0.6 is 7.82 Å². The van der Waals surface area contributed by atoms with Crippen LogP contribution in [0, 0.1) is 0 Å². The van der Waals surface area contributed by atoms with E-state index in [1.54, 1.807) is 0 Å². The van der Waals surface area contributed by atoms with Crippen molar-refractivity contribution in [3.63, 3.8) is 0 Å². The molecule has 0 heterocycles. The molecule has 0 aliphatic rings. The maximum absolute atomic E-state index is 12.6. The number of carbonyl (C=O) groups excluding carboxylic acids is 1. The standard InChI is InChI=1S/C47H86NO7P/c1-3-5-7-9-11-13-15-17-19-20-21-22-23-24-25-27-29-31-33-35-37-39-42-52-44-46(45-54-56(50,51)53-43-41-48)55-47(49)40-38-36-34-32-30-28-26-18-16-14-12-10-8-6-4-2/h5,7,11,13,17,19,21-22,24-25,46H,3-4,6,8-10,12,14-16,18,20,23,26-45,48H2,1-2H3,(H,50,51)/b7-5-,13-11-,19-17-,22-21-,25-24-. The van der Waals surface area contributed by atoms with Gasteiger partial charge in [-0.05, 0) is 57.8 Å². The summed E-state index contributed by atoms with van der Waals surface area (Å²) in [5.41, 5.74) is 5.37. The highest BCUT2D eigenvalue weighted by Gasteiger charge is 2.25. The van der Waals surface area contributed by atoms with Crippen LogP contribution in [0.15, 0.2) is 60.8 Å². The zero-order chi connectivity index (χ0) is 40.9. The minimum Gasteiger partial charge on any atom is -0.457 e. The van der Waals surface area contributed by atoms with Gasteiger partial charge in [0.1, 0.15) is 6.10 Å². The summed E-state index contributed by atoms with van der Waals surface area (Å²) >= 11 is 0. The van der Waals surface area contributed by atoms with Gasteiger partial charge in [-0.1, -0.05) is 190 Å². The Balaban J connectivity index is 4.03. The highest BCUT2D eigenvalue weighted by molar-refractivity contribution is 7.47. The van der Waals surface area contributed by atoms with Gasteiger partial charge in [0.25, 0.3) is 0 Å². The molecule has 9 heteroatoms. The van der Waals surface area contributed by atoms with Gasteiger partial charge in [-0.25, -0.2) is 4.57 Å². The van der Waals surface area contributed by atoms with Gasteiger partial charge in [-0.2, -0.15) is 0 Å². The summed E-state index contributed by atoms with van der Waals surface area (Å²) in [6, 6.07) is 0. The van der Waals surface area contributed by atoms with E-state index in [1.165, 1.54) is 96.3 Å². The van der Waals surface area contributed by atoms with Crippen molar-refractivity contribution in [2.75, 3.05) is 33.0 Å². The Morgan fingerprint density at radius 2 is 1.00 bits per heavy atom. The fourth-order valence-electron chi connectivity index (χ4n) is 6.14. The van der Waals surface area contributed by atoms with E-state index in [-0.39, 0.29) is 32.3 Å². The van der Waals surface area contributed by atoms with Crippen molar-refractivity contribution < 1.29 is 32.8 Å². The summed E-state index contributed by atoms with van der Waals surface area (Å²) in [5, 5.41) is 0. The van der Waals surface area contributed by atoms with Crippen molar-refractivity contribution in [2.24, 2.45) is 5.73 Å². The predicted molar refractivity (Wildman–Crippen MR) is 238 cm³/mol. The maximum Gasteiger partial charge on any atom is 0.472 e. The van der Waals surface area contributed by atoms with Crippen molar-refractivity contribution in [3.05, 3.63) is 60.8 Å². The molecule has 0 rings (SSSR count). The Morgan fingerprint density at radius 1 is 0.554 bits per heavy atom. The van der Waals surface area contributed by atoms with Crippen molar-refractivity contribution in [2.45, 2.75) is 200 Å². The van der Waals surface area contributed by atoms with E-state index in [2.05, 4.69) is 74.6 Å². The molecule has 0 bridgehead atoms. The summed E-state index contributed by atoms with van der Waals surface area (Å²) in [5.74, 6) is -0.336. The Hall–Kier alpha value is -1.80. The molecule has 3 N–H and O–H groups in total. The first-order valence-corrected chi connectivity index (χ1v) is 24.3. The third-order valence-corrected chi connectivity index (χ3v) is 10.4. The molecule has 2 atom stereocenters. The van der Waals surface area contributed by atoms with Gasteiger partial charge < -0.3 is 20.1 Å². The second-order valence-electron chi connectivity index (χ2n) is 14.9. The third-order valence-electron chi connectivity index (χ3n) is 9.45. The van der Waals surface area contributed by atoms with Gasteiger partial charge in [-0.3, -0.25) is 13.8 Å². The van der Waals surface area contributed by atoms with E-state index >= 15 is 0 Å². The van der Waals surface area contributed by atoms with E-state index in [0.717, 1.165) is 77.0 Å². The predicted octanol–water partition coefficient (Wildman–Crippen LogP) is 13.8. The summed E-state index contributed by atoms with van der Waals surface area (Å²) in [7, 11) is -4.28. The van der Waals surface area contributed by atoms with Crippen molar-refractivity contribution in [1.82, 2.24) is 0 Å². The van der Waals surface area contributed by atoms with E-state index in [4.69, 9.17) is 24.3 Å². The first kappa shape index (κ1) is 54.2. The molecule has 0 radical (unpaired) electrons. The second kappa shape index (κ2) is 44.3. The normalized spacial score (nSPS) is 14.0. The number of allylic oxidation sites excluding steroid dienone is 10. The Bertz CT molecular complexity index is 1040. The molecular formula is C47H86NO7P. The topological polar surface area (TPSA) is 117 Å². The second-order valence-corrected chi connectivity index (χ2v) is 16.3. The lowest BCUT2D eigenvalue weighted by molar-refractivity contribution is -0.154. The Kier molecular flexibility index (Phi) is 42.9. The minimum atomic E-state index is -4.28. The van der Waals surface area contributed by atoms with Crippen molar-refractivity contribution in [1.29, 1.82) is 0 Å². The van der Waals surface area contributed by atoms with Crippen molar-refractivity contribution in [3.8, 4) is 0 Å². The van der Waals surface area contributed by atoms with E-state index in [0.29, 0.717) is 13.0 Å². The quantitative estimate of drug-likeness (QED) is 0.0271. The largest absolute Gasteiger partial charge is 0.472 e. The van der Waals surface area contributed by atoms with Crippen LogP contribution in [0.25, 0.3) is 0 Å². The van der Waals surface area contributed by atoms with Crippen LogP contribution in [-0.4, -0.2) is 49.9 Å². The zero-order valence-corrected chi connectivity index (χ0v) is 37.0. The molecule has 0 aromatic carbocycles. The number of unbranched alkanes of at least 4 members (excludes halogenated alkanes) is 20. The van der Waals surface area contributed by atoms with Crippen LogP contribution in [0.1, 0.15) is 194 Å². The highest BCUT2D eigenvalue weighted by Crippen LogP contribution is 2.43. The average molecular weight is 808 g/mol. The van der Waals surface area contributed by atoms with Crippen LogP contribution < -0.4 is 5.73 Å². The van der Waals surface area contributed by atoms with Gasteiger partial charge >= 0.3 is 13.8 Å². The van der Waals surface area contributed by atoms with Crippen LogP contribution in [0.2, 0.25) is 0 Å². The SMILES string of the molecule is CC/C=C\C/C=C\C/C=C\C/C=C\C/C=C\CCCCCCCCOCC(COP(=O)(O)OCCN)OC(=O)CCCCCCCCCCCCCCCCC. The van der Waals surface area contributed by atoms with E-state index in [1.807, 2.05) is 0 Å². The molecule has 0 saturated heterocycles. The number of ether oxygens (including phenoxy) is 2. The summed E-state index contributed by atoms with van der Waals surface area (Å²) < 4.78 is 33.5. The van der Waals surface area contributed by atoms with E-state index < -0.39 is 13.9 Å². The molecule has 0 spiro atoms. The minimum absolute atomic E-state index is 0.0962. The maximum atomic E-state index is 12.6. The van der Waals surface area contributed by atoms with Gasteiger partial charge in [0.15, 0.2) is 0 Å². The molecule has 0 aliphatic heterocycles. The highest BCUT2D eigenvalue weighted by atomic mass is 31.2. The number of hydrogen-bond acceptors (Lipinski definition) is 7. The van der Waals surface area contributed by atoms with Crippen LogP contribution in [0.5, 0.6) is 0 Å². The van der Waals surface area contributed by atoms with Gasteiger partial charge in [0.05, 0.1) is 19.8 Å². The number of nitrogens with two attached hydrogens (primary N) is 1. The van der Waals surface area contributed by atoms with Crippen molar-refractivity contribution >= 4 is 13.8 Å². The fourth-order valence-corrected chi connectivity index (χ4v) is 6.91. The van der Waals surface area contributed by atoms with Gasteiger partial charge in [0, 0.05) is 19.6 Å². The van der Waals surface area contributed by atoms with Gasteiger partial charge in [0.2, 0.25) is 0 Å². The lowest BCUT2D eigenvalue weighted by Gasteiger charge is -2.20.